The average Bonchev–Trinajstić information content (AvgIpc) is 2.10. The van der Waals surface area contributed by atoms with Crippen LogP contribution in [0.4, 0.5) is 0 Å². The van der Waals surface area contributed by atoms with Gasteiger partial charge in [-0.2, -0.15) is 0 Å². The molecule has 0 saturated heterocycles. The van der Waals surface area contributed by atoms with Crippen LogP contribution >= 0.6 is 0 Å². The Labute approximate surface area is 82.8 Å². The Morgan fingerprint density at radius 2 is 1.58 bits per heavy atom. The molecule has 0 aliphatic heterocycles. The number of aldehydes is 1. The zero-order chi connectivity index (χ0) is 9.23. The number of hydrogen-bond donors (Lipinski definition) is 0. The van der Waals surface area contributed by atoms with E-state index in [0.717, 1.165) is 6.29 Å². The molecule has 2 heteroatoms. The fourth-order valence-electron chi connectivity index (χ4n) is 1.20. The summed E-state index contributed by atoms with van der Waals surface area (Å²) in [7, 11) is 0. The SMILES string of the molecule is CCC[CH2][Sn](=[CH]C=O)[CH2]CCC. The van der Waals surface area contributed by atoms with E-state index in [1.54, 1.807) is 0 Å². The van der Waals surface area contributed by atoms with Gasteiger partial charge in [-0.05, 0) is 0 Å². The van der Waals surface area contributed by atoms with Gasteiger partial charge in [0.25, 0.3) is 0 Å². The van der Waals surface area contributed by atoms with Crippen LogP contribution in [0.25, 0.3) is 0 Å². The van der Waals surface area contributed by atoms with Crippen LogP contribution in [0, 0.1) is 0 Å². The number of unbranched alkanes of at least 4 members (excludes halogenated alkanes) is 2. The monoisotopic (exact) mass is 276 g/mol. The normalized spacial score (nSPS) is 9.50. The molecule has 0 heterocycles. The Kier molecular flexibility index (Phi) is 9.69. The van der Waals surface area contributed by atoms with E-state index in [0.29, 0.717) is 0 Å². The van der Waals surface area contributed by atoms with E-state index < -0.39 is 19.3 Å². The molecule has 0 fully saturated rings. The van der Waals surface area contributed by atoms with Crippen LogP contribution in [0.3, 0.4) is 0 Å². The van der Waals surface area contributed by atoms with E-state index >= 15 is 0 Å². The first kappa shape index (κ1) is 12.3. The molecule has 0 rings (SSSR count). The first-order chi connectivity index (χ1) is 5.85. The second-order valence-corrected chi connectivity index (χ2v) is 10.7. The molecule has 0 amide bonds. The zero-order valence-corrected chi connectivity index (χ0v) is 11.2. The van der Waals surface area contributed by atoms with Crippen LogP contribution in [-0.2, 0) is 4.79 Å². The third-order valence-corrected chi connectivity index (χ3v) is 9.42. The average molecular weight is 275 g/mol. The number of hydrogen-bond acceptors (Lipinski definition) is 1. The molecule has 70 valence electrons. The van der Waals surface area contributed by atoms with E-state index in [1.807, 2.05) is 4.02 Å². The molecule has 0 radical (unpaired) electrons. The summed E-state index contributed by atoms with van der Waals surface area (Å²) in [4.78, 5) is 10.3. The van der Waals surface area contributed by atoms with Crippen molar-refractivity contribution in [2.75, 3.05) is 0 Å². The van der Waals surface area contributed by atoms with Crippen LogP contribution in [0.2, 0.25) is 8.87 Å². The van der Waals surface area contributed by atoms with Gasteiger partial charge in [-0.15, -0.1) is 0 Å². The number of carbonyl (C=O) groups excluding carboxylic acids is 1. The van der Waals surface area contributed by atoms with Crippen molar-refractivity contribution in [3.63, 3.8) is 0 Å². The fraction of sp³-hybridized carbons (Fsp3) is 0.800. The van der Waals surface area contributed by atoms with E-state index in [4.69, 9.17) is 0 Å². The molecular weight excluding hydrogens is 255 g/mol. The third-order valence-electron chi connectivity index (χ3n) is 2.01. The van der Waals surface area contributed by atoms with Crippen LogP contribution in [0.1, 0.15) is 39.5 Å². The van der Waals surface area contributed by atoms with Crippen LogP contribution in [-0.4, -0.2) is 29.6 Å². The molecule has 12 heavy (non-hydrogen) atoms. The number of carbonyl (C=O) groups is 1. The van der Waals surface area contributed by atoms with Crippen molar-refractivity contribution in [2.45, 2.75) is 48.4 Å². The van der Waals surface area contributed by atoms with Crippen molar-refractivity contribution < 1.29 is 4.79 Å². The van der Waals surface area contributed by atoms with Gasteiger partial charge in [0.1, 0.15) is 0 Å². The van der Waals surface area contributed by atoms with Gasteiger partial charge >= 0.3 is 82.8 Å². The minimum atomic E-state index is -1.31. The molecule has 0 aromatic rings. The molecule has 0 aromatic heterocycles. The first-order valence-electron chi connectivity index (χ1n) is 4.98. The summed E-state index contributed by atoms with van der Waals surface area (Å²) >= 11 is -1.31. The Morgan fingerprint density at radius 3 is 1.92 bits per heavy atom. The van der Waals surface area contributed by atoms with E-state index in [1.165, 1.54) is 34.6 Å². The van der Waals surface area contributed by atoms with Crippen molar-refractivity contribution in [1.29, 1.82) is 0 Å². The van der Waals surface area contributed by atoms with Crippen molar-refractivity contribution >= 4 is 29.6 Å². The van der Waals surface area contributed by atoms with Gasteiger partial charge < -0.3 is 0 Å². The third kappa shape index (κ3) is 7.01. The summed E-state index contributed by atoms with van der Waals surface area (Å²) in [6.45, 7) is 4.45. The standard InChI is InChI=1S/2C4H9.C2H2O.Sn/c2*1-3-4-2;1-2-3;/h2*1,3-4H2,2H3;1-2H;. The summed E-state index contributed by atoms with van der Waals surface area (Å²) < 4.78 is 4.79. The van der Waals surface area contributed by atoms with Gasteiger partial charge in [-0.1, -0.05) is 0 Å². The predicted molar refractivity (Wildman–Crippen MR) is 57.3 cm³/mol. The minimum absolute atomic E-state index is 1.04. The van der Waals surface area contributed by atoms with Crippen LogP contribution in [0.5, 0.6) is 0 Å². The summed E-state index contributed by atoms with van der Waals surface area (Å²) in [5.74, 6) is 0. The quantitative estimate of drug-likeness (QED) is 0.515. The molecule has 0 aliphatic carbocycles. The van der Waals surface area contributed by atoms with E-state index in [-0.39, 0.29) is 0 Å². The Bertz CT molecular complexity index is 131. The topological polar surface area (TPSA) is 17.1 Å². The zero-order valence-electron chi connectivity index (χ0n) is 8.31. The van der Waals surface area contributed by atoms with Crippen molar-refractivity contribution in [1.82, 2.24) is 0 Å². The van der Waals surface area contributed by atoms with Crippen molar-refractivity contribution in [3.05, 3.63) is 0 Å². The molecular formula is C10H20OSn. The van der Waals surface area contributed by atoms with Gasteiger partial charge in [0, 0.05) is 0 Å². The second kappa shape index (κ2) is 9.43. The van der Waals surface area contributed by atoms with Crippen LogP contribution in [0.15, 0.2) is 0 Å². The maximum atomic E-state index is 10.3. The molecule has 0 aliphatic rings. The second-order valence-electron chi connectivity index (χ2n) is 3.17. The molecule has 0 atom stereocenters. The van der Waals surface area contributed by atoms with Gasteiger partial charge in [-0.25, -0.2) is 0 Å². The molecule has 0 unspecified atom stereocenters. The molecule has 1 nitrogen and oxygen atoms in total. The summed E-state index contributed by atoms with van der Waals surface area (Å²) in [6, 6.07) is 0. The van der Waals surface area contributed by atoms with Gasteiger partial charge in [0.2, 0.25) is 0 Å². The van der Waals surface area contributed by atoms with E-state index in [2.05, 4.69) is 13.8 Å². The van der Waals surface area contributed by atoms with Gasteiger partial charge in [-0.3, -0.25) is 0 Å². The van der Waals surface area contributed by atoms with E-state index in [9.17, 15) is 4.79 Å². The van der Waals surface area contributed by atoms with Crippen molar-refractivity contribution in [3.8, 4) is 0 Å². The maximum absolute atomic E-state index is 10.3. The summed E-state index contributed by atoms with van der Waals surface area (Å²) in [5.41, 5.74) is 0. The molecule has 0 saturated carbocycles. The molecule has 0 spiro atoms. The molecule has 0 aromatic carbocycles. The Balaban J connectivity index is 3.70. The Morgan fingerprint density at radius 1 is 1.08 bits per heavy atom. The Hall–Kier alpha value is 0.339. The predicted octanol–water partition coefficient (Wildman–Crippen LogP) is 2.66. The number of rotatable bonds is 7. The fourth-order valence-corrected chi connectivity index (χ4v) is 8.02. The van der Waals surface area contributed by atoms with Gasteiger partial charge in [0.05, 0.1) is 0 Å². The summed E-state index contributed by atoms with van der Waals surface area (Å²) in [6.07, 6.45) is 6.28. The summed E-state index contributed by atoms with van der Waals surface area (Å²) in [5, 5.41) is 0. The first-order valence-corrected chi connectivity index (χ1v) is 10.7. The van der Waals surface area contributed by atoms with Crippen molar-refractivity contribution in [2.24, 2.45) is 0 Å². The van der Waals surface area contributed by atoms with Crippen LogP contribution < -0.4 is 0 Å². The molecule has 0 bridgehead atoms. The molecule has 0 N–H and O–H groups in total. The van der Waals surface area contributed by atoms with Gasteiger partial charge in [0.15, 0.2) is 0 Å².